The van der Waals surface area contributed by atoms with Crippen LogP contribution in [0.3, 0.4) is 0 Å². The van der Waals surface area contributed by atoms with E-state index in [1.807, 2.05) is 13.0 Å². The largest absolute Gasteiger partial charge is 0.396 e. The minimum Gasteiger partial charge on any atom is -0.396 e. The molecule has 0 aliphatic carbocycles. The molecule has 6 heteroatoms. The highest BCUT2D eigenvalue weighted by molar-refractivity contribution is 5.47. The second-order valence-electron chi connectivity index (χ2n) is 4.86. The lowest BCUT2D eigenvalue weighted by Crippen LogP contribution is -2.38. The molecule has 0 spiro atoms. The molecule has 2 aromatic heterocycles. The number of nitrogens with zero attached hydrogens (tertiary/aromatic N) is 5. The lowest BCUT2D eigenvalue weighted by molar-refractivity contribution is 0.208. The van der Waals surface area contributed by atoms with Crippen molar-refractivity contribution in [2.75, 3.05) is 24.6 Å². The van der Waals surface area contributed by atoms with Gasteiger partial charge in [0.2, 0.25) is 0 Å². The molecule has 0 radical (unpaired) electrons. The average Bonchev–Trinajstić information content (AvgIpc) is 2.85. The molecule has 3 heterocycles. The maximum absolute atomic E-state index is 9.31. The van der Waals surface area contributed by atoms with Crippen LogP contribution in [0.25, 0.3) is 5.78 Å². The summed E-state index contributed by atoms with van der Waals surface area (Å²) in [6.45, 7) is 4.08. The Labute approximate surface area is 105 Å². The van der Waals surface area contributed by atoms with E-state index in [-0.39, 0.29) is 6.61 Å². The summed E-state index contributed by atoms with van der Waals surface area (Å²) in [6, 6.07) is 2.03. The summed E-state index contributed by atoms with van der Waals surface area (Å²) in [5.74, 6) is 2.01. The summed E-state index contributed by atoms with van der Waals surface area (Å²) in [6.07, 6.45) is 3.72. The predicted molar refractivity (Wildman–Crippen MR) is 67.5 cm³/mol. The van der Waals surface area contributed by atoms with Crippen LogP contribution in [0.5, 0.6) is 0 Å². The second-order valence-corrected chi connectivity index (χ2v) is 4.86. The Balaban J connectivity index is 2.00. The highest BCUT2D eigenvalue weighted by Gasteiger charge is 2.22. The van der Waals surface area contributed by atoms with Gasteiger partial charge in [0, 0.05) is 31.5 Å². The van der Waals surface area contributed by atoms with E-state index >= 15 is 0 Å². The fraction of sp³-hybridized carbons (Fsp3) is 0.583. The monoisotopic (exact) mass is 247 g/mol. The quantitative estimate of drug-likeness (QED) is 0.843. The van der Waals surface area contributed by atoms with Gasteiger partial charge < -0.3 is 10.0 Å². The van der Waals surface area contributed by atoms with E-state index in [0.717, 1.165) is 37.4 Å². The van der Waals surface area contributed by atoms with E-state index in [9.17, 15) is 5.11 Å². The zero-order valence-electron chi connectivity index (χ0n) is 10.5. The van der Waals surface area contributed by atoms with E-state index in [1.165, 1.54) is 6.33 Å². The number of anilines is 1. The van der Waals surface area contributed by atoms with Gasteiger partial charge >= 0.3 is 0 Å². The van der Waals surface area contributed by atoms with Crippen LogP contribution < -0.4 is 4.90 Å². The second kappa shape index (κ2) is 4.53. The number of hydrogen-bond acceptors (Lipinski definition) is 5. The molecule has 18 heavy (non-hydrogen) atoms. The minimum absolute atomic E-state index is 0.251. The number of aliphatic hydroxyl groups excluding tert-OH is 1. The van der Waals surface area contributed by atoms with Crippen molar-refractivity contribution in [1.82, 2.24) is 19.6 Å². The van der Waals surface area contributed by atoms with Gasteiger partial charge in [-0.2, -0.15) is 14.6 Å². The van der Waals surface area contributed by atoms with Crippen LogP contribution in [0.15, 0.2) is 12.4 Å². The van der Waals surface area contributed by atoms with Crippen LogP contribution in [0.1, 0.15) is 18.5 Å². The molecule has 0 unspecified atom stereocenters. The molecule has 1 aliphatic heterocycles. The third-order valence-electron chi connectivity index (χ3n) is 3.46. The molecular formula is C12H17N5O. The van der Waals surface area contributed by atoms with Gasteiger partial charge in [-0.3, -0.25) is 0 Å². The fourth-order valence-electron chi connectivity index (χ4n) is 2.56. The molecule has 1 N–H and O–H groups in total. The summed E-state index contributed by atoms with van der Waals surface area (Å²) >= 11 is 0. The van der Waals surface area contributed by atoms with Gasteiger partial charge in [-0.05, 0) is 25.7 Å². The molecule has 6 nitrogen and oxygen atoms in total. The van der Waals surface area contributed by atoms with E-state index < -0.39 is 0 Å². The Morgan fingerprint density at radius 1 is 1.50 bits per heavy atom. The third kappa shape index (κ3) is 1.92. The number of piperidine rings is 1. The number of hydrogen-bond donors (Lipinski definition) is 1. The third-order valence-corrected chi connectivity index (χ3v) is 3.46. The smallest absolute Gasteiger partial charge is 0.254 e. The zero-order valence-corrected chi connectivity index (χ0v) is 10.5. The molecule has 1 fully saturated rings. The van der Waals surface area contributed by atoms with E-state index in [0.29, 0.717) is 11.7 Å². The minimum atomic E-state index is 0.251. The number of aromatic nitrogens is 4. The first-order valence-electron chi connectivity index (χ1n) is 6.31. The molecule has 0 aromatic carbocycles. The van der Waals surface area contributed by atoms with E-state index in [1.54, 1.807) is 4.52 Å². The topological polar surface area (TPSA) is 66.5 Å². The first kappa shape index (κ1) is 11.4. The Kier molecular flexibility index (Phi) is 2.87. The SMILES string of the molecule is Cc1cc(N2CCC[C@@H](CO)C2)n2ncnc2n1. The van der Waals surface area contributed by atoms with E-state index in [4.69, 9.17) is 0 Å². The zero-order chi connectivity index (χ0) is 12.5. The Morgan fingerprint density at radius 3 is 3.22 bits per heavy atom. The highest BCUT2D eigenvalue weighted by atomic mass is 16.3. The molecule has 0 amide bonds. The van der Waals surface area contributed by atoms with Crippen molar-refractivity contribution in [3.05, 3.63) is 18.1 Å². The number of aliphatic hydroxyl groups is 1. The molecule has 1 atom stereocenters. The van der Waals surface area contributed by atoms with Crippen molar-refractivity contribution >= 4 is 11.6 Å². The van der Waals surface area contributed by atoms with Gasteiger partial charge in [-0.15, -0.1) is 0 Å². The van der Waals surface area contributed by atoms with Gasteiger partial charge in [-0.1, -0.05) is 0 Å². The van der Waals surface area contributed by atoms with Gasteiger partial charge in [0.15, 0.2) is 0 Å². The summed E-state index contributed by atoms with van der Waals surface area (Å²) in [7, 11) is 0. The van der Waals surface area contributed by atoms with Crippen molar-refractivity contribution < 1.29 is 5.11 Å². The molecular weight excluding hydrogens is 230 g/mol. The van der Waals surface area contributed by atoms with Crippen LogP contribution in [-0.4, -0.2) is 44.4 Å². The normalized spacial score (nSPS) is 20.6. The van der Waals surface area contributed by atoms with Crippen LogP contribution >= 0.6 is 0 Å². The molecule has 96 valence electrons. The lowest BCUT2D eigenvalue weighted by atomic mass is 9.99. The number of aryl methyl sites for hydroxylation is 1. The van der Waals surface area contributed by atoms with E-state index in [2.05, 4.69) is 20.0 Å². The number of rotatable bonds is 2. The maximum Gasteiger partial charge on any atom is 0.254 e. The number of fused-ring (bicyclic) bond motifs is 1. The van der Waals surface area contributed by atoms with Crippen molar-refractivity contribution in [1.29, 1.82) is 0 Å². The van der Waals surface area contributed by atoms with Gasteiger partial charge in [0.05, 0.1) is 0 Å². The molecule has 2 aromatic rings. The molecule has 3 rings (SSSR count). The summed E-state index contributed by atoms with van der Waals surface area (Å²) < 4.78 is 1.77. The molecule has 1 saturated heterocycles. The van der Waals surface area contributed by atoms with Crippen LogP contribution in [0, 0.1) is 12.8 Å². The van der Waals surface area contributed by atoms with Crippen LogP contribution in [-0.2, 0) is 0 Å². The Hall–Kier alpha value is -1.69. The van der Waals surface area contributed by atoms with Gasteiger partial charge in [-0.25, -0.2) is 4.98 Å². The highest BCUT2D eigenvalue weighted by Crippen LogP contribution is 2.23. The summed E-state index contributed by atoms with van der Waals surface area (Å²) in [4.78, 5) is 10.7. The Bertz CT molecular complexity index is 552. The molecule has 0 saturated carbocycles. The van der Waals surface area contributed by atoms with Crippen molar-refractivity contribution in [3.8, 4) is 0 Å². The Morgan fingerprint density at radius 2 is 2.39 bits per heavy atom. The van der Waals surface area contributed by atoms with Gasteiger partial charge in [0.1, 0.15) is 12.1 Å². The maximum atomic E-state index is 9.31. The summed E-state index contributed by atoms with van der Waals surface area (Å²) in [5.41, 5.74) is 0.941. The first-order valence-corrected chi connectivity index (χ1v) is 6.31. The van der Waals surface area contributed by atoms with Gasteiger partial charge in [0.25, 0.3) is 5.78 Å². The van der Waals surface area contributed by atoms with Crippen molar-refractivity contribution in [2.24, 2.45) is 5.92 Å². The molecule has 0 bridgehead atoms. The van der Waals surface area contributed by atoms with Crippen molar-refractivity contribution in [2.45, 2.75) is 19.8 Å². The fourth-order valence-corrected chi connectivity index (χ4v) is 2.56. The average molecular weight is 247 g/mol. The molecule has 1 aliphatic rings. The lowest BCUT2D eigenvalue weighted by Gasteiger charge is -2.33. The van der Waals surface area contributed by atoms with Crippen LogP contribution in [0.2, 0.25) is 0 Å². The first-order chi connectivity index (χ1) is 8.78. The standard InChI is InChI=1S/C12H17N5O/c1-9-5-11(17-12(15-9)13-8-14-17)16-4-2-3-10(6-16)7-18/h5,8,10,18H,2-4,6-7H2,1H3/t10-/m1/s1. The predicted octanol–water partition coefficient (Wildman–Crippen LogP) is 0.641. The van der Waals surface area contributed by atoms with Crippen LogP contribution in [0.4, 0.5) is 5.82 Å². The summed E-state index contributed by atoms with van der Waals surface area (Å²) in [5, 5.41) is 13.5. The van der Waals surface area contributed by atoms with Crippen molar-refractivity contribution in [3.63, 3.8) is 0 Å².